The van der Waals surface area contributed by atoms with E-state index in [4.69, 9.17) is 0 Å². The van der Waals surface area contributed by atoms with E-state index >= 15 is 0 Å². The Balaban J connectivity index is 1.41. The molecule has 0 spiro atoms. The Morgan fingerprint density at radius 1 is 1.15 bits per heavy atom. The van der Waals surface area contributed by atoms with Crippen LogP contribution in [0, 0.1) is 0 Å². The van der Waals surface area contributed by atoms with E-state index in [1.807, 2.05) is 35.2 Å². The van der Waals surface area contributed by atoms with Gasteiger partial charge in [0, 0.05) is 45.7 Å². The van der Waals surface area contributed by atoms with Crippen LogP contribution >= 0.6 is 0 Å². The molecule has 7 heteroatoms. The van der Waals surface area contributed by atoms with Gasteiger partial charge in [-0.1, -0.05) is 30.3 Å². The molecule has 1 aliphatic rings. The molecule has 0 radical (unpaired) electrons. The number of hydrogen-bond acceptors (Lipinski definition) is 5. The third kappa shape index (κ3) is 5.37. The smallest absolute Gasteiger partial charge is 0.222 e. The van der Waals surface area contributed by atoms with E-state index in [9.17, 15) is 9.90 Å². The molecule has 1 saturated heterocycles. The van der Waals surface area contributed by atoms with Gasteiger partial charge in [0.15, 0.2) is 0 Å². The molecule has 1 aromatic heterocycles. The Morgan fingerprint density at radius 2 is 2.00 bits per heavy atom. The number of aliphatic hydroxyl groups excluding tert-OH is 1. The Kier molecular flexibility index (Phi) is 6.74. The van der Waals surface area contributed by atoms with E-state index in [1.165, 1.54) is 6.33 Å². The minimum Gasteiger partial charge on any atom is -0.387 e. The van der Waals surface area contributed by atoms with Gasteiger partial charge in [-0.15, -0.1) is 0 Å². The van der Waals surface area contributed by atoms with Crippen LogP contribution in [0.25, 0.3) is 0 Å². The van der Waals surface area contributed by atoms with E-state index in [0.717, 1.165) is 51.1 Å². The van der Waals surface area contributed by atoms with Crippen LogP contribution in [0.3, 0.4) is 0 Å². The second-order valence-electron chi connectivity index (χ2n) is 6.72. The summed E-state index contributed by atoms with van der Waals surface area (Å²) in [4.78, 5) is 20.6. The second kappa shape index (κ2) is 9.45. The molecule has 0 saturated carbocycles. The summed E-state index contributed by atoms with van der Waals surface area (Å²) >= 11 is 0. The number of nitrogens with zero attached hydrogens (tertiary/aromatic N) is 5. The Morgan fingerprint density at radius 3 is 2.77 bits per heavy atom. The largest absolute Gasteiger partial charge is 0.387 e. The van der Waals surface area contributed by atoms with Crippen LogP contribution in [-0.4, -0.2) is 68.3 Å². The van der Waals surface area contributed by atoms with E-state index < -0.39 is 6.10 Å². The molecule has 2 aromatic rings. The van der Waals surface area contributed by atoms with Crippen molar-refractivity contribution in [2.45, 2.75) is 31.9 Å². The highest BCUT2D eigenvalue weighted by atomic mass is 16.3. The zero-order valence-electron chi connectivity index (χ0n) is 15.1. The fourth-order valence-electron chi connectivity index (χ4n) is 3.33. The molecule has 0 aliphatic carbocycles. The van der Waals surface area contributed by atoms with Crippen molar-refractivity contribution in [2.24, 2.45) is 0 Å². The minimum absolute atomic E-state index is 0.204. The first-order valence-corrected chi connectivity index (χ1v) is 9.28. The first-order chi connectivity index (χ1) is 12.7. The lowest BCUT2D eigenvalue weighted by atomic mass is 10.1. The van der Waals surface area contributed by atoms with Crippen LogP contribution in [0.1, 0.15) is 30.9 Å². The molecule has 7 nitrogen and oxygen atoms in total. The molecular weight excluding hydrogens is 330 g/mol. The van der Waals surface area contributed by atoms with Crippen molar-refractivity contribution in [1.29, 1.82) is 0 Å². The van der Waals surface area contributed by atoms with Gasteiger partial charge in [0.2, 0.25) is 5.91 Å². The molecule has 3 rings (SSSR count). The van der Waals surface area contributed by atoms with Crippen molar-refractivity contribution in [3.63, 3.8) is 0 Å². The molecule has 140 valence electrons. The Labute approximate surface area is 154 Å². The van der Waals surface area contributed by atoms with Gasteiger partial charge in [-0.2, -0.15) is 5.10 Å². The number of β-amino-alcohol motifs (C(OH)–C–C–N with tert-alkyl or cyclic N) is 1. The second-order valence-corrected chi connectivity index (χ2v) is 6.72. The number of hydrogen-bond donors (Lipinski definition) is 1. The fraction of sp³-hybridized carbons (Fsp3) is 0.526. The van der Waals surface area contributed by atoms with E-state index in [1.54, 1.807) is 11.0 Å². The van der Waals surface area contributed by atoms with Crippen molar-refractivity contribution in [1.82, 2.24) is 24.6 Å². The molecule has 1 amide bonds. The summed E-state index contributed by atoms with van der Waals surface area (Å²) in [6, 6.07) is 9.75. The minimum atomic E-state index is -0.485. The predicted octanol–water partition coefficient (Wildman–Crippen LogP) is 1.33. The van der Waals surface area contributed by atoms with Gasteiger partial charge in [0.05, 0.1) is 6.10 Å². The standard InChI is InChI=1S/C19H27N5O2/c25-18(17-6-2-1-3-7-17)14-22-9-5-10-23(13-12-22)19(26)8-4-11-24-16-20-15-21-24/h1-3,6-7,15-16,18,25H,4-5,8-14H2. The van der Waals surface area contributed by atoms with Crippen LogP contribution in [0.15, 0.2) is 43.0 Å². The van der Waals surface area contributed by atoms with Crippen LogP contribution in [-0.2, 0) is 11.3 Å². The molecule has 26 heavy (non-hydrogen) atoms. The number of amides is 1. The number of aliphatic hydroxyl groups is 1. The Bertz CT molecular complexity index is 662. The highest BCUT2D eigenvalue weighted by Gasteiger charge is 2.20. The first kappa shape index (κ1) is 18.5. The number of aryl methyl sites for hydroxylation is 1. The number of aromatic nitrogens is 3. The highest BCUT2D eigenvalue weighted by molar-refractivity contribution is 5.76. The maximum Gasteiger partial charge on any atom is 0.222 e. The van der Waals surface area contributed by atoms with E-state index in [-0.39, 0.29) is 5.91 Å². The normalized spacial score (nSPS) is 17.0. The molecule has 1 unspecified atom stereocenters. The van der Waals surface area contributed by atoms with Crippen LogP contribution in [0.2, 0.25) is 0 Å². The lowest BCUT2D eigenvalue weighted by molar-refractivity contribution is -0.131. The topological polar surface area (TPSA) is 74.5 Å². The molecule has 1 aliphatic heterocycles. The van der Waals surface area contributed by atoms with Crippen LogP contribution in [0.4, 0.5) is 0 Å². The van der Waals surface area contributed by atoms with Gasteiger partial charge in [-0.25, -0.2) is 4.98 Å². The van der Waals surface area contributed by atoms with Crippen LogP contribution in [0.5, 0.6) is 0 Å². The predicted molar refractivity (Wildman–Crippen MR) is 98.3 cm³/mol. The molecule has 1 fully saturated rings. The maximum absolute atomic E-state index is 12.4. The summed E-state index contributed by atoms with van der Waals surface area (Å²) in [7, 11) is 0. The van der Waals surface area contributed by atoms with Gasteiger partial charge in [0.25, 0.3) is 0 Å². The SMILES string of the molecule is O=C(CCCn1cncn1)N1CCCN(CC(O)c2ccccc2)CC1. The lowest BCUT2D eigenvalue weighted by Gasteiger charge is -2.24. The third-order valence-corrected chi connectivity index (χ3v) is 4.80. The van der Waals surface area contributed by atoms with E-state index in [0.29, 0.717) is 13.0 Å². The zero-order valence-corrected chi connectivity index (χ0v) is 15.1. The molecule has 1 aromatic carbocycles. The molecule has 1 N–H and O–H groups in total. The average molecular weight is 357 g/mol. The fourth-order valence-corrected chi connectivity index (χ4v) is 3.33. The third-order valence-electron chi connectivity index (χ3n) is 4.80. The van der Waals surface area contributed by atoms with Gasteiger partial charge < -0.3 is 10.0 Å². The van der Waals surface area contributed by atoms with Crippen molar-refractivity contribution >= 4 is 5.91 Å². The molecule has 1 atom stereocenters. The summed E-state index contributed by atoms with van der Waals surface area (Å²) in [6.07, 6.45) is 4.94. The highest BCUT2D eigenvalue weighted by Crippen LogP contribution is 2.15. The monoisotopic (exact) mass is 357 g/mol. The van der Waals surface area contributed by atoms with Gasteiger partial charge in [0.1, 0.15) is 12.7 Å². The van der Waals surface area contributed by atoms with Gasteiger partial charge in [-0.05, 0) is 18.4 Å². The molecule has 0 bridgehead atoms. The Hall–Kier alpha value is -2.25. The zero-order chi connectivity index (χ0) is 18.2. The number of rotatable bonds is 7. The van der Waals surface area contributed by atoms with Crippen molar-refractivity contribution < 1.29 is 9.90 Å². The quantitative estimate of drug-likeness (QED) is 0.809. The summed E-state index contributed by atoms with van der Waals surface area (Å²) < 4.78 is 1.75. The lowest BCUT2D eigenvalue weighted by Crippen LogP contribution is -2.36. The van der Waals surface area contributed by atoms with Gasteiger partial charge >= 0.3 is 0 Å². The summed E-state index contributed by atoms with van der Waals surface area (Å²) in [5.74, 6) is 0.204. The summed E-state index contributed by atoms with van der Waals surface area (Å²) in [6.45, 7) is 4.56. The first-order valence-electron chi connectivity index (χ1n) is 9.28. The number of carbonyl (C=O) groups is 1. The van der Waals surface area contributed by atoms with Crippen molar-refractivity contribution in [3.8, 4) is 0 Å². The molecule has 2 heterocycles. The van der Waals surface area contributed by atoms with Gasteiger partial charge in [-0.3, -0.25) is 14.4 Å². The summed E-state index contributed by atoms with van der Waals surface area (Å²) in [5, 5.41) is 14.5. The molecular formula is C19H27N5O2. The number of benzene rings is 1. The maximum atomic E-state index is 12.4. The summed E-state index contributed by atoms with van der Waals surface area (Å²) in [5.41, 5.74) is 0.942. The van der Waals surface area contributed by atoms with Crippen molar-refractivity contribution in [3.05, 3.63) is 48.5 Å². The number of carbonyl (C=O) groups excluding carboxylic acids is 1. The average Bonchev–Trinajstić information content (AvgIpc) is 3.07. The van der Waals surface area contributed by atoms with Crippen LogP contribution < -0.4 is 0 Å². The van der Waals surface area contributed by atoms with E-state index in [2.05, 4.69) is 15.0 Å². The van der Waals surface area contributed by atoms with Crippen molar-refractivity contribution in [2.75, 3.05) is 32.7 Å².